The molecule has 32 heavy (non-hydrogen) atoms. The molecule has 4 aromatic rings. The highest BCUT2D eigenvalue weighted by molar-refractivity contribution is 5.96. The number of hydrogen-bond acceptors (Lipinski definition) is 8. The van der Waals surface area contributed by atoms with Gasteiger partial charge in [0.2, 0.25) is 0 Å². The van der Waals surface area contributed by atoms with E-state index < -0.39 is 15.8 Å². The van der Waals surface area contributed by atoms with Crippen LogP contribution in [0, 0.1) is 27.2 Å². The Hall–Kier alpha value is -4.80. The van der Waals surface area contributed by atoms with E-state index in [4.69, 9.17) is 8.83 Å². The Morgan fingerprint density at radius 1 is 0.969 bits per heavy atom. The summed E-state index contributed by atoms with van der Waals surface area (Å²) in [4.78, 5) is 33.1. The van der Waals surface area contributed by atoms with Crippen LogP contribution in [0.1, 0.15) is 21.9 Å². The zero-order valence-corrected chi connectivity index (χ0v) is 16.5. The van der Waals surface area contributed by atoms with E-state index in [0.717, 1.165) is 5.56 Å². The molecule has 0 spiro atoms. The zero-order valence-electron chi connectivity index (χ0n) is 16.5. The molecule has 1 N–H and O–H groups in total. The summed E-state index contributed by atoms with van der Waals surface area (Å²) in [7, 11) is 0. The quantitative estimate of drug-likeness (QED) is 0.264. The van der Waals surface area contributed by atoms with Gasteiger partial charge in [-0.1, -0.05) is 6.07 Å². The molecular formula is C21H14N4O7. The lowest BCUT2D eigenvalue weighted by Crippen LogP contribution is -2.16. The standard InChI is InChI=1S/C21H14N4O7/c1-12-2-3-15(25(29)30)10-17(12)19-7-5-16(31-19)11-22-23-21(26)20-9-13-8-14(24(27)28)4-6-18(13)32-20/h2-11H,1H3,(H,23,26)/b22-11+. The van der Waals surface area contributed by atoms with Gasteiger partial charge < -0.3 is 8.83 Å². The van der Waals surface area contributed by atoms with Crippen LogP contribution < -0.4 is 5.43 Å². The summed E-state index contributed by atoms with van der Waals surface area (Å²) in [6.07, 6.45) is 1.27. The molecule has 0 atom stereocenters. The molecule has 11 nitrogen and oxygen atoms in total. The molecule has 0 unspecified atom stereocenters. The van der Waals surface area contributed by atoms with Crippen LogP contribution in [0.5, 0.6) is 0 Å². The van der Waals surface area contributed by atoms with E-state index in [0.29, 0.717) is 28.1 Å². The zero-order chi connectivity index (χ0) is 22.8. The van der Waals surface area contributed by atoms with Gasteiger partial charge in [0, 0.05) is 35.2 Å². The van der Waals surface area contributed by atoms with Crippen molar-refractivity contribution in [1.82, 2.24) is 5.43 Å². The monoisotopic (exact) mass is 434 g/mol. The highest BCUT2D eigenvalue weighted by atomic mass is 16.6. The molecule has 2 aromatic carbocycles. The van der Waals surface area contributed by atoms with Crippen molar-refractivity contribution < 1.29 is 23.5 Å². The van der Waals surface area contributed by atoms with Gasteiger partial charge in [0.15, 0.2) is 5.76 Å². The van der Waals surface area contributed by atoms with Crippen molar-refractivity contribution in [3.05, 3.63) is 91.9 Å². The highest BCUT2D eigenvalue weighted by Gasteiger charge is 2.15. The second-order valence-electron chi connectivity index (χ2n) is 6.75. The lowest BCUT2D eigenvalue weighted by atomic mass is 10.1. The Balaban J connectivity index is 1.47. The van der Waals surface area contributed by atoms with E-state index in [1.807, 2.05) is 0 Å². The highest BCUT2D eigenvalue weighted by Crippen LogP contribution is 2.29. The Labute approximate surface area is 179 Å². The number of amides is 1. The van der Waals surface area contributed by atoms with E-state index in [9.17, 15) is 25.0 Å². The van der Waals surface area contributed by atoms with Gasteiger partial charge in [0.05, 0.1) is 16.1 Å². The summed E-state index contributed by atoms with van der Waals surface area (Å²) in [6, 6.07) is 13.1. The fourth-order valence-corrected chi connectivity index (χ4v) is 3.02. The Morgan fingerprint density at radius 2 is 1.69 bits per heavy atom. The maximum Gasteiger partial charge on any atom is 0.307 e. The number of fused-ring (bicyclic) bond motifs is 1. The summed E-state index contributed by atoms with van der Waals surface area (Å²) >= 11 is 0. The molecule has 1 amide bonds. The number of non-ortho nitro benzene ring substituents is 2. The number of nitrogens with one attached hydrogen (secondary N) is 1. The van der Waals surface area contributed by atoms with Crippen LogP contribution in [-0.2, 0) is 0 Å². The van der Waals surface area contributed by atoms with Crippen LogP contribution in [0.3, 0.4) is 0 Å². The molecule has 4 rings (SSSR count). The predicted octanol–water partition coefficient (Wildman–Crippen LogP) is 4.58. The van der Waals surface area contributed by atoms with E-state index in [2.05, 4.69) is 10.5 Å². The average Bonchev–Trinajstić information content (AvgIpc) is 3.40. The number of carbonyl (C=O) groups excluding carboxylic acids is 1. The first-order chi connectivity index (χ1) is 15.3. The minimum Gasteiger partial charge on any atom is -0.455 e. The van der Waals surface area contributed by atoms with Gasteiger partial charge in [-0.15, -0.1) is 0 Å². The molecule has 0 bridgehead atoms. The number of rotatable bonds is 6. The second kappa shape index (κ2) is 8.14. The molecule has 160 valence electrons. The van der Waals surface area contributed by atoms with E-state index in [1.54, 1.807) is 25.1 Å². The van der Waals surface area contributed by atoms with E-state index in [1.165, 1.54) is 42.6 Å². The van der Waals surface area contributed by atoms with Crippen LogP contribution in [0.2, 0.25) is 0 Å². The van der Waals surface area contributed by atoms with Gasteiger partial charge >= 0.3 is 5.91 Å². The third kappa shape index (κ3) is 4.07. The third-order valence-electron chi connectivity index (χ3n) is 4.62. The number of nitro benzene ring substituents is 2. The summed E-state index contributed by atoms with van der Waals surface area (Å²) in [5.41, 5.74) is 3.81. The minimum absolute atomic E-state index is 0.0550. The van der Waals surface area contributed by atoms with Crippen LogP contribution in [0.4, 0.5) is 11.4 Å². The molecule has 2 aromatic heterocycles. The van der Waals surface area contributed by atoms with Crippen molar-refractivity contribution in [2.75, 3.05) is 0 Å². The first-order valence-electron chi connectivity index (χ1n) is 9.18. The second-order valence-corrected chi connectivity index (χ2v) is 6.75. The fraction of sp³-hybridized carbons (Fsp3) is 0.0476. The molecule has 11 heteroatoms. The normalized spacial score (nSPS) is 11.2. The van der Waals surface area contributed by atoms with Crippen LogP contribution in [0.15, 0.2) is 68.5 Å². The first kappa shape index (κ1) is 20.5. The lowest BCUT2D eigenvalue weighted by Gasteiger charge is -2.02. The van der Waals surface area contributed by atoms with Crippen molar-refractivity contribution >= 4 is 34.5 Å². The maximum absolute atomic E-state index is 12.2. The molecule has 0 saturated heterocycles. The minimum atomic E-state index is -0.651. The van der Waals surface area contributed by atoms with Crippen LogP contribution in [0.25, 0.3) is 22.3 Å². The summed E-state index contributed by atoms with van der Waals surface area (Å²) in [6.45, 7) is 1.80. The molecule has 0 aliphatic heterocycles. The molecule has 2 heterocycles. The first-order valence-corrected chi connectivity index (χ1v) is 9.18. The predicted molar refractivity (Wildman–Crippen MR) is 113 cm³/mol. The van der Waals surface area contributed by atoms with Gasteiger partial charge in [-0.05, 0) is 36.8 Å². The SMILES string of the molecule is Cc1ccc([N+](=O)[O-])cc1-c1ccc(/C=N/NC(=O)c2cc3cc([N+](=O)[O-])ccc3o2)o1. The van der Waals surface area contributed by atoms with Crippen molar-refractivity contribution in [3.8, 4) is 11.3 Å². The van der Waals surface area contributed by atoms with E-state index >= 15 is 0 Å². The van der Waals surface area contributed by atoms with Gasteiger partial charge in [-0.25, -0.2) is 5.43 Å². The van der Waals surface area contributed by atoms with Crippen molar-refractivity contribution in [2.24, 2.45) is 5.10 Å². The number of hydrazone groups is 1. The smallest absolute Gasteiger partial charge is 0.307 e. The van der Waals surface area contributed by atoms with Gasteiger partial charge in [0.25, 0.3) is 11.4 Å². The number of nitro groups is 2. The molecule has 0 radical (unpaired) electrons. The number of benzene rings is 2. The molecule has 0 saturated carbocycles. The summed E-state index contributed by atoms with van der Waals surface area (Å²) in [5, 5.41) is 26.1. The average molecular weight is 434 g/mol. The van der Waals surface area contributed by atoms with Crippen molar-refractivity contribution in [3.63, 3.8) is 0 Å². The van der Waals surface area contributed by atoms with E-state index in [-0.39, 0.29) is 17.1 Å². The van der Waals surface area contributed by atoms with Crippen LogP contribution >= 0.6 is 0 Å². The number of nitrogens with zero attached hydrogens (tertiary/aromatic N) is 3. The number of carbonyl (C=O) groups is 1. The van der Waals surface area contributed by atoms with Gasteiger partial charge in [-0.3, -0.25) is 25.0 Å². The Morgan fingerprint density at radius 3 is 2.44 bits per heavy atom. The fourth-order valence-electron chi connectivity index (χ4n) is 3.02. The summed E-state index contributed by atoms with van der Waals surface area (Å²) in [5.74, 6) is 0.00991. The third-order valence-corrected chi connectivity index (χ3v) is 4.62. The lowest BCUT2D eigenvalue weighted by molar-refractivity contribution is -0.384. The molecule has 0 aliphatic rings. The topological polar surface area (TPSA) is 154 Å². The molecule has 0 fully saturated rings. The number of furan rings is 2. The number of aryl methyl sites for hydroxylation is 1. The van der Waals surface area contributed by atoms with Gasteiger partial charge in [0.1, 0.15) is 17.1 Å². The van der Waals surface area contributed by atoms with Crippen molar-refractivity contribution in [1.29, 1.82) is 0 Å². The Bertz CT molecular complexity index is 1400. The molecular weight excluding hydrogens is 420 g/mol. The van der Waals surface area contributed by atoms with Crippen molar-refractivity contribution in [2.45, 2.75) is 6.92 Å². The maximum atomic E-state index is 12.2. The van der Waals surface area contributed by atoms with Gasteiger partial charge in [-0.2, -0.15) is 5.10 Å². The molecule has 0 aliphatic carbocycles. The van der Waals surface area contributed by atoms with Crippen LogP contribution in [-0.4, -0.2) is 22.0 Å². The number of hydrogen-bond donors (Lipinski definition) is 1. The Kier molecular flexibility index (Phi) is 5.21. The summed E-state index contributed by atoms with van der Waals surface area (Å²) < 4.78 is 11.0. The largest absolute Gasteiger partial charge is 0.455 e.